The highest BCUT2D eigenvalue weighted by Gasteiger charge is 2.24. The van der Waals surface area contributed by atoms with Gasteiger partial charge in [-0.3, -0.25) is 0 Å². The molecule has 0 aliphatic rings. The Balaban J connectivity index is 3.15. The first kappa shape index (κ1) is 16.9. The third-order valence-corrected chi connectivity index (χ3v) is 4.91. The van der Waals surface area contributed by atoms with Crippen molar-refractivity contribution in [2.24, 2.45) is 5.73 Å². The van der Waals surface area contributed by atoms with Crippen LogP contribution in [0.5, 0.6) is 0 Å². The minimum absolute atomic E-state index is 0.321. The topological polar surface area (TPSA) is 68.3 Å². The highest BCUT2D eigenvalue weighted by atomic mass is 32.2. The van der Waals surface area contributed by atoms with Crippen LogP contribution in [-0.4, -0.2) is 30.4 Å². The molecule has 5 nitrogen and oxygen atoms in total. The maximum absolute atomic E-state index is 12.6. The van der Waals surface area contributed by atoms with Crippen LogP contribution < -0.4 is 5.73 Å². The van der Waals surface area contributed by atoms with E-state index in [1.54, 1.807) is 18.3 Å². The number of sulfonamides is 1. The number of hydrogen-bond acceptors (Lipinski definition) is 3. The van der Waals surface area contributed by atoms with E-state index >= 15 is 0 Å². The molecule has 0 aliphatic heterocycles. The molecular formula is C14H25N3O2S. The van der Waals surface area contributed by atoms with Crippen molar-refractivity contribution >= 4 is 10.0 Å². The fraction of sp³-hybridized carbons (Fsp3) is 0.571. The van der Waals surface area contributed by atoms with Gasteiger partial charge in [0.15, 0.2) is 0 Å². The van der Waals surface area contributed by atoms with E-state index in [0.29, 0.717) is 24.5 Å². The summed E-state index contributed by atoms with van der Waals surface area (Å²) in [5.74, 6) is 0. The summed E-state index contributed by atoms with van der Waals surface area (Å²) in [5, 5.41) is 0. The summed E-state index contributed by atoms with van der Waals surface area (Å²) < 4.78 is 28.6. The highest BCUT2D eigenvalue weighted by Crippen LogP contribution is 2.19. The Kier molecular flexibility index (Phi) is 6.45. The van der Waals surface area contributed by atoms with Crippen molar-refractivity contribution in [2.75, 3.05) is 13.1 Å². The molecule has 2 N–H and O–H groups in total. The third-order valence-electron chi connectivity index (χ3n) is 3.08. The smallest absolute Gasteiger partial charge is 0.244 e. The first-order valence-corrected chi connectivity index (χ1v) is 8.45. The lowest BCUT2D eigenvalue weighted by atomic mass is 10.4. The largest absolute Gasteiger partial charge is 0.349 e. The van der Waals surface area contributed by atoms with Gasteiger partial charge in [0.2, 0.25) is 10.0 Å². The van der Waals surface area contributed by atoms with E-state index in [1.165, 1.54) is 4.31 Å². The molecule has 0 bridgehead atoms. The van der Waals surface area contributed by atoms with Gasteiger partial charge >= 0.3 is 0 Å². The lowest BCUT2D eigenvalue weighted by molar-refractivity contribution is 0.441. The summed E-state index contributed by atoms with van der Waals surface area (Å²) in [6, 6.07) is 1.68. The molecule has 0 unspecified atom stereocenters. The molecule has 0 aromatic carbocycles. The van der Waals surface area contributed by atoms with Crippen LogP contribution in [0, 0.1) is 0 Å². The summed E-state index contributed by atoms with van der Waals surface area (Å²) in [7, 11) is -3.47. The van der Waals surface area contributed by atoms with Crippen LogP contribution in [0.25, 0.3) is 0 Å². The maximum Gasteiger partial charge on any atom is 0.244 e. The summed E-state index contributed by atoms with van der Waals surface area (Å²) in [6.45, 7) is 9.57. The Morgan fingerprint density at radius 2 is 2.10 bits per heavy atom. The average Bonchev–Trinajstić information content (AvgIpc) is 2.83. The fourth-order valence-corrected chi connectivity index (χ4v) is 3.71. The van der Waals surface area contributed by atoms with Crippen molar-refractivity contribution in [3.8, 4) is 0 Å². The zero-order valence-electron chi connectivity index (χ0n) is 12.4. The standard InChI is InChI=1S/C14H25N3O2S/c1-4-7-16-12-14(10-13(16)11-15)20(18,19)17(8-5-2)9-6-3/h5,10,12H,2,4,6-9,11,15H2,1,3H3. The second kappa shape index (κ2) is 7.61. The average molecular weight is 299 g/mol. The molecule has 20 heavy (non-hydrogen) atoms. The lowest BCUT2D eigenvalue weighted by Crippen LogP contribution is -2.31. The molecule has 114 valence electrons. The molecule has 0 saturated carbocycles. The molecule has 0 atom stereocenters. The Hall–Kier alpha value is -1.11. The van der Waals surface area contributed by atoms with Crippen LogP contribution in [-0.2, 0) is 23.1 Å². The molecule has 0 saturated heterocycles. The first-order valence-electron chi connectivity index (χ1n) is 7.01. The van der Waals surface area contributed by atoms with E-state index in [-0.39, 0.29) is 0 Å². The number of aryl methyl sites for hydroxylation is 1. The first-order chi connectivity index (χ1) is 9.51. The monoisotopic (exact) mass is 299 g/mol. The molecule has 1 aromatic heterocycles. The zero-order valence-corrected chi connectivity index (χ0v) is 13.2. The Morgan fingerprint density at radius 3 is 2.60 bits per heavy atom. The van der Waals surface area contributed by atoms with Crippen molar-refractivity contribution in [3.63, 3.8) is 0 Å². The van der Waals surface area contributed by atoms with Gasteiger partial charge in [-0.05, 0) is 18.9 Å². The molecule has 0 fully saturated rings. The second-order valence-electron chi connectivity index (χ2n) is 4.72. The number of aromatic nitrogens is 1. The van der Waals surface area contributed by atoms with Crippen molar-refractivity contribution in [1.82, 2.24) is 8.87 Å². The molecular weight excluding hydrogens is 274 g/mol. The summed E-state index contributed by atoms with van der Waals surface area (Å²) in [5.41, 5.74) is 6.53. The van der Waals surface area contributed by atoms with E-state index < -0.39 is 10.0 Å². The minimum Gasteiger partial charge on any atom is -0.349 e. The predicted molar refractivity (Wildman–Crippen MR) is 81.9 cm³/mol. The zero-order chi connectivity index (χ0) is 15.2. The Bertz CT molecular complexity index is 535. The normalized spacial score (nSPS) is 12.0. The summed E-state index contributed by atoms with van der Waals surface area (Å²) in [6.07, 6.45) is 5.01. The van der Waals surface area contributed by atoms with Gasteiger partial charge in [-0.1, -0.05) is 19.9 Å². The molecule has 1 aromatic rings. The van der Waals surface area contributed by atoms with Crippen molar-refractivity contribution in [1.29, 1.82) is 0 Å². The lowest BCUT2D eigenvalue weighted by Gasteiger charge is -2.19. The van der Waals surface area contributed by atoms with Gasteiger partial charge in [-0.25, -0.2) is 8.42 Å². The maximum atomic E-state index is 12.6. The van der Waals surface area contributed by atoms with E-state index in [1.807, 2.05) is 11.5 Å². The highest BCUT2D eigenvalue weighted by molar-refractivity contribution is 7.89. The number of rotatable bonds is 9. The van der Waals surface area contributed by atoms with E-state index in [4.69, 9.17) is 5.73 Å². The molecule has 0 aliphatic carbocycles. The van der Waals surface area contributed by atoms with Crippen LogP contribution in [0.4, 0.5) is 0 Å². The SMILES string of the molecule is C=CCN(CCC)S(=O)(=O)c1cc(CN)n(CCC)c1. The van der Waals surface area contributed by atoms with Gasteiger partial charge in [0, 0.05) is 38.1 Å². The van der Waals surface area contributed by atoms with E-state index in [0.717, 1.165) is 25.1 Å². The summed E-state index contributed by atoms with van der Waals surface area (Å²) in [4.78, 5) is 0.321. The van der Waals surface area contributed by atoms with Gasteiger partial charge < -0.3 is 10.3 Å². The molecule has 1 rings (SSSR count). The van der Waals surface area contributed by atoms with Crippen LogP contribution >= 0.6 is 0 Å². The second-order valence-corrected chi connectivity index (χ2v) is 6.65. The van der Waals surface area contributed by atoms with Crippen LogP contribution in [0.1, 0.15) is 32.4 Å². The summed E-state index contributed by atoms with van der Waals surface area (Å²) >= 11 is 0. The molecule has 0 radical (unpaired) electrons. The molecule has 0 amide bonds. The van der Waals surface area contributed by atoms with Gasteiger partial charge in [0.05, 0.1) is 0 Å². The molecule has 6 heteroatoms. The molecule has 1 heterocycles. The number of nitrogens with two attached hydrogens (primary N) is 1. The fourth-order valence-electron chi connectivity index (χ4n) is 2.14. The Labute approximate surface area is 122 Å². The number of nitrogens with zero attached hydrogens (tertiary/aromatic N) is 2. The minimum atomic E-state index is -3.47. The van der Waals surface area contributed by atoms with Gasteiger partial charge in [-0.15, -0.1) is 6.58 Å². The quantitative estimate of drug-likeness (QED) is 0.709. The van der Waals surface area contributed by atoms with Gasteiger partial charge in [0.25, 0.3) is 0 Å². The Morgan fingerprint density at radius 1 is 1.40 bits per heavy atom. The molecule has 0 spiro atoms. The van der Waals surface area contributed by atoms with Crippen molar-refractivity contribution in [2.45, 2.75) is 44.7 Å². The number of hydrogen-bond donors (Lipinski definition) is 1. The third kappa shape index (κ3) is 3.71. The van der Waals surface area contributed by atoms with E-state index in [9.17, 15) is 8.42 Å². The van der Waals surface area contributed by atoms with Gasteiger partial charge in [-0.2, -0.15) is 4.31 Å². The predicted octanol–water partition coefficient (Wildman–Crippen LogP) is 1.94. The van der Waals surface area contributed by atoms with Crippen LogP contribution in [0.3, 0.4) is 0 Å². The van der Waals surface area contributed by atoms with Gasteiger partial charge in [0.1, 0.15) is 4.90 Å². The van der Waals surface area contributed by atoms with Crippen LogP contribution in [0.2, 0.25) is 0 Å². The van der Waals surface area contributed by atoms with Crippen LogP contribution in [0.15, 0.2) is 29.8 Å². The van der Waals surface area contributed by atoms with Crippen molar-refractivity contribution in [3.05, 3.63) is 30.6 Å². The van der Waals surface area contributed by atoms with Crippen molar-refractivity contribution < 1.29 is 8.42 Å². The van der Waals surface area contributed by atoms with E-state index in [2.05, 4.69) is 13.5 Å².